The van der Waals surface area contributed by atoms with E-state index in [2.05, 4.69) is 17.3 Å². The molecule has 1 heterocycles. The standard InChI is InChI=1S/C19H27N3O2/c1-4-5-6-7-8-9-18(23)20-16-10-12-17(13-11-16)22-19(24)14(2)15(3)21-22/h10-14H,4-9H2,1-3H3,(H,20,23). The van der Waals surface area contributed by atoms with E-state index in [0.717, 1.165) is 29.9 Å². The van der Waals surface area contributed by atoms with Gasteiger partial charge in [0, 0.05) is 17.8 Å². The summed E-state index contributed by atoms with van der Waals surface area (Å²) in [6.45, 7) is 5.90. The number of nitrogens with one attached hydrogen (secondary N) is 1. The van der Waals surface area contributed by atoms with Crippen LogP contribution in [0.5, 0.6) is 0 Å². The smallest absolute Gasteiger partial charge is 0.255 e. The van der Waals surface area contributed by atoms with Crippen molar-refractivity contribution in [2.24, 2.45) is 11.0 Å². The van der Waals surface area contributed by atoms with Crippen LogP contribution in [-0.2, 0) is 9.59 Å². The maximum Gasteiger partial charge on any atom is 0.255 e. The van der Waals surface area contributed by atoms with E-state index in [1.165, 1.54) is 24.3 Å². The van der Waals surface area contributed by atoms with Crippen molar-refractivity contribution in [1.82, 2.24) is 0 Å². The Morgan fingerprint density at radius 2 is 1.83 bits per heavy atom. The molecule has 1 aromatic rings. The van der Waals surface area contributed by atoms with Crippen LogP contribution in [0.2, 0.25) is 0 Å². The molecule has 1 aliphatic heterocycles. The van der Waals surface area contributed by atoms with Crippen molar-refractivity contribution in [2.45, 2.75) is 59.3 Å². The Labute approximate surface area is 144 Å². The zero-order chi connectivity index (χ0) is 17.5. The van der Waals surface area contributed by atoms with Crippen molar-refractivity contribution in [2.75, 3.05) is 10.3 Å². The van der Waals surface area contributed by atoms with Gasteiger partial charge in [0.1, 0.15) is 0 Å². The molecule has 2 amide bonds. The minimum Gasteiger partial charge on any atom is -0.326 e. The van der Waals surface area contributed by atoms with Gasteiger partial charge in [0.15, 0.2) is 0 Å². The van der Waals surface area contributed by atoms with Crippen LogP contribution in [0, 0.1) is 5.92 Å². The number of carbonyl (C=O) groups excluding carboxylic acids is 2. The summed E-state index contributed by atoms with van der Waals surface area (Å²) in [5.41, 5.74) is 2.29. The van der Waals surface area contributed by atoms with Gasteiger partial charge in [-0.25, -0.2) is 5.01 Å². The van der Waals surface area contributed by atoms with Crippen LogP contribution < -0.4 is 10.3 Å². The molecule has 2 rings (SSSR count). The van der Waals surface area contributed by atoms with Crippen LogP contribution in [0.1, 0.15) is 59.3 Å². The molecule has 1 aliphatic rings. The molecule has 0 saturated heterocycles. The van der Waals surface area contributed by atoms with Gasteiger partial charge in [-0.1, -0.05) is 32.6 Å². The first-order valence-corrected chi connectivity index (χ1v) is 8.82. The van der Waals surface area contributed by atoms with E-state index in [0.29, 0.717) is 6.42 Å². The van der Waals surface area contributed by atoms with E-state index in [1.54, 1.807) is 0 Å². The monoisotopic (exact) mass is 329 g/mol. The Balaban J connectivity index is 1.84. The molecule has 130 valence electrons. The van der Waals surface area contributed by atoms with Gasteiger partial charge in [0.25, 0.3) is 5.91 Å². The summed E-state index contributed by atoms with van der Waals surface area (Å²) in [5, 5.41) is 8.62. The molecule has 0 spiro atoms. The molecular formula is C19H27N3O2. The number of nitrogens with zero attached hydrogens (tertiary/aromatic N) is 2. The molecular weight excluding hydrogens is 302 g/mol. The Morgan fingerprint density at radius 3 is 2.42 bits per heavy atom. The van der Waals surface area contributed by atoms with Gasteiger partial charge >= 0.3 is 0 Å². The van der Waals surface area contributed by atoms with Gasteiger partial charge in [-0.3, -0.25) is 9.59 Å². The summed E-state index contributed by atoms with van der Waals surface area (Å²) in [4.78, 5) is 24.0. The van der Waals surface area contributed by atoms with E-state index in [4.69, 9.17) is 0 Å². The van der Waals surface area contributed by atoms with E-state index in [-0.39, 0.29) is 17.7 Å². The summed E-state index contributed by atoms with van der Waals surface area (Å²) >= 11 is 0. The topological polar surface area (TPSA) is 61.8 Å². The van der Waals surface area contributed by atoms with Crippen LogP contribution in [0.3, 0.4) is 0 Å². The largest absolute Gasteiger partial charge is 0.326 e. The molecule has 0 fully saturated rings. The van der Waals surface area contributed by atoms with Crippen molar-refractivity contribution in [3.05, 3.63) is 24.3 Å². The number of anilines is 2. The van der Waals surface area contributed by atoms with Gasteiger partial charge in [0.2, 0.25) is 5.91 Å². The lowest BCUT2D eigenvalue weighted by atomic mass is 10.1. The molecule has 1 N–H and O–H groups in total. The van der Waals surface area contributed by atoms with E-state index in [1.807, 2.05) is 38.1 Å². The molecule has 0 radical (unpaired) electrons. The Kier molecular flexibility index (Phi) is 6.53. The highest BCUT2D eigenvalue weighted by Gasteiger charge is 2.30. The predicted octanol–water partition coefficient (Wildman–Crippen LogP) is 4.34. The fourth-order valence-corrected chi connectivity index (χ4v) is 2.64. The molecule has 1 aromatic carbocycles. The number of hydrogen-bond donors (Lipinski definition) is 1. The molecule has 1 unspecified atom stereocenters. The van der Waals surface area contributed by atoms with E-state index < -0.39 is 0 Å². The molecule has 24 heavy (non-hydrogen) atoms. The lowest BCUT2D eigenvalue weighted by Gasteiger charge is -2.13. The summed E-state index contributed by atoms with van der Waals surface area (Å²) < 4.78 is 0. The van der Waals surface area contributed by atoms with Gasteiger partial charge in [-0.05, 0) is 44.5 Å². The molecule has 0 aliphatic carbocycles. The number of amides is 2. The lowest BCUT2D eigenvalue weighted by Crippen LogP contribution is -2.25. The molecule has 1 atom stereocenters. The van der Waals surface area contributed by atoms with Crippen LogP contribution in [-0.4, -0.2) is 17.5 Å². The van der Waals surface area contributed by atoms with Crippen LogP contribution >= 0.6 is 0 Å². The minimum absolute atomic E-state index is 0.0173. The zero-order valence-electron chi connectivity index (χ0n) is 14.8. The number of carbonyl (C=O) groups is 2. The third kappa shape index (κ3) is 4.66. The SMILES string of the molecule is CCCCCCCC(=O)Nc1ccc(N2N=C(C)C(C)C2=O)cc1. The fraction of sp³-hybridized carbons (Fsp3) is 0.526. The van der Waals surface area contributed by atoms with E-state index in [9.17, 15) is 9.59 Å². The van der Waals surface area contributed by atoms with Gasteiger partial charge in [-0.15, -0.1) is 0 Å². The van der Waals surface area contributed by atoms with Gasteiger partial charge in [-0.2, -0.15) is 5.10 Å². The van der Waals surface area contributed by atoms with Crippen molar-refractivity contribution < 1.29 is 9.59 Å². The van der Waals surface area contributed by atoms with Crippen LogP contribution in [0.15, 0.2) is 29.4 Å². The number of hydrazone groups is 1. The molecule has 0 bridgehead atoms. The molecule has 0 aromatic heterocycles. The lowest BCUT2D eigenvalue weighted by molar-refractivity contribution is -0.119. The van der Waals surface area contributed by atoms with Crippen LogP contribution in [0.4, 0.5) is 11.4 Å². The number of rotatable bonds is 8. The zero-order valence-corrected chi connectivity index (χ0v) is 14.8. The maximum absolute atomic E-state index is 12.1. The van der Waals surface area contributed by atoms with E-state index >= 15 is 0 Å². The van der Waals surface area contributed by atoms with Gasteiger partial charge in [0.05, 0.1) is 11.6 Å². The fourth-order valence-electron chi connectivity index (χ4n) is 2.64. The Hall–Kier alpha value is -2.17. The second-order valence-corrected chi connectivity index (χ2v) is 6.37. The Morgan fingerprint density at radius 1 is 1.17 bits per heavy atom. The highest BCUT2D eigenvalue weighted by molar-refractivity contribution is 6.14. The highest BCUT2D eigenvalue weighted by Crippen LogP contribution is 2.25. The molecule has 5 nitrogen and oxygen atoms in total. The van der Waals surface area contributed by atoms with Crippen molar-refractivity contribution in [3.8, 4) is 0 Å². The molecule has 0 saturated carbocycles. The van der Waals surface area contributed by atoms with Crippen LogP contribution in [0.25, 0.3) is 0 Å². The second-order valence-electron chi connectivity index (χ2n) is 6.37. The van der Waals surface area contributed by atoms with Gasteiger partial charge < -0.3 is 5.32 Å². The average Bonchev–Trinajstić information content (AvgIpc) is 2.83. The first kappa shape index (κ1) is 18.2. The molecule has 5 heteroatoms. The third-order valence-corrected chi connectivity index (χ3v) is 4.37. The third-order valence-electron chi connectivity index (χ3n) is 4.37. The second kappa shape index (κ2) is 8.62. The summed E-state index contributed by atoms with van der Waals surface area (Å²) in [5.74, 6) is -0.146. The number of unbranched alkanes of at least 4 members (excludes halogenated alkanes) is 4. The summed E-state index contributed by atoms with van der Waals surface area (Å²) in [6, 6.07) is 7.24. The first-order chi connectivity index (χ1) is 11.5. The minimum atomic E-state index is -0.169. The quantitative estimate of drug-likeness (QED) is 0.721. The normalized spacial score (nSPS) is 17.1. The first-order valence-electron chi connectivity index (χ1n) is 8.82. The summed E-state index contributed by atoms with van der Waals surface area (Å²) in [7, 11) is 0. The number of benzene rings is 1. The highest BCUT2D eigenvalue weighted by atomic mass is 16.2. The average molecular weight is 329 g/mol. The van der Waals surface area contributed by atoms with Crippen molar-refractivity contribution >= 4 is 28.9 Å². The summed E-state index contributed by atoms with van der Waals surface area (Å²) in [6.07, 6.45) is 6.22. The van der Waals surface area contributed by atoms with Crippen molar-refractivity contribution in [3.63, 3.8) is 0 Å². The maximum atomic E-state index is 12.1. The number of hydrogen-bond acceptors (Lipinski definition) is 3. The van der Waals surface area contributed by atoms with Crippen molar-refractivity contribution in [1.29, 1.82) is 0 Å². The predicted molar refractivity (Wildman–Crippen MR) is 98.2 cm³/mol. The Bertz CT molecular complexity index is 608.